The Morgan fingerprint density at radius 2 is 1.90 bits per heavy atom. The molecule has 21 heavy (non-hydrogen) atoms. The summed E-state index contributed by atoms with van der Waals surface area (Å²) < 4.78 is 34.8. The van der Waals surface area contributed by atoms with E-state index in [1.807, 2.05) is 0 Å². The van der Waals surface area contributed by atoms with Crippen molar-refractivity contribution >= 4 is 21.9 Å². The van der Waals surface area contributed by atoms with Gasteiger partial charge in [-0.25, -0.2) is 8.42 Å². The molecule has 0 fully saturated rings. The monoisotopic (exact) mass is 311 g/mol. The van der Waals surface area contributed by atoms with Crippen LogP contribution in [0.4, 0.5) is 5.88 Å². The topological polar surface area (TPSA) is 106 Å². The number of aromatic hydroxyl groups is 1. The van der Waals surface area contributed by atoms with Crippen LogP contribution in [0, 0.1) is 0 Å². The highest BCUT2D eigenvalue weighted by Crippen LogP contribution is 2.46. The summed E-state index contributed by atoms with van der Waals surface area (Å²) in [4.78, 5) is 11.1. The summed E-state index contributed by atoms with van der Waals surface area (Å²) in [5.41, 5.74) is 0.505. The lowest BCUT2D eigenvalue weighted by Gasteiger charge is -2.02. The largest absolute Gasteiger partial charge is 0.502 e. The predicted molar refractivity (Wildman–Crippen MR) is 75.6 cm³/mol. The van der Waals surface area contributed by atoms with Gasteiger partial charge >= 0.3 is 5.97 Å². The zero-order chi connectivity index (χ0) is 15.6. The van der Waals surface area contributed by atoms with E-state index in [4.69, 9.17) is 9.15 Å². The Labute approximate surface area is 121 Å². The molecular formula is C13H13NO6S. The van der Waals surface area contributed by atoms with Crippen LogP contribution < -0.4 is 9.46 Å². The summed E-state index contributed by atoms with van der Waals surface area (Å²) in [5.74, 6) is -1.90. The van der Waals surface area contributed by atoms with E-state index >= 15 is 0 Å². The maximum atomic E-state index is 11.3. The second-order valence-corrected chi connectivity index (χ2v) is 6.02. The average Bonchev–Trinajstić information content (AvgIpc) is 2.66. The molecule has 0 bridgehead atoms. The number of carbonyl (C=O) groups excluding carboxylic acids is 1. The summed E-state index contributed by atoms with van der Waals surface area (Å²) in [7, 11) is -3.67. The minimum atomic E-state index is -3.67. The third-order valence-electron chi connectivity index (χ3n) is 2.40. The molecule has 2 N–H and O–H groups in total. The summed E-state index contributed by atoms with van der Waals surface area (Å²) in [6.07, 6.45) is 0.909. The van der Waals surface area contributed by atoms with E-state index in [1.54, 1.807) is 30.3 Å². The average molecular weight is 311 g/mol. The molecule has 8 heteroatoms. The molecule has 0 spiro atoms. The Morgan fingerprint density at radius 3 is 2.43 bits per heavy atom. The van der Waals surface area contributed by atoms with Gasteiger partial charge in [-0.05, 0) is 0 Å². The first-order valence-corrected chi connectivity index (χ1v) is 7.74. The van der Waals surface area contributed by atoms with Crippen molar-refractivity contribution in [3.8, 4) is 22.8 Å². The van der Waals surface area contributed by atoms with E-state index in [-0.39, 0.29) is 17.4 Å². The van der Waals surface area contributed by atoms with Gasteiger partial charge < -0.3 is 14.3 Å². The maximum Gasteiger partial charge on any atom is 0.308 e. The predicted octanol–water partition coefficient (Wildman–Crippen LogP) is 1.95. The molecule has 1 heterocycles. The van der Waals surface area contributed by atoms with Crippen LogP contribution in [0.15, 0.2) is 34.7 Å². The second-order valence-electron chi connectivity index (χ2n) is 4.27. The Kier molecular flexibility index (Phi) is 3.90. The number of rotatable bonds is 4. The zero-order valence-corrected chi connectivity index (χ0v) is 12.1. The number of benzene rings is 1. The Balaban J connectivity index is 2.56. The first-order chi connectivity index (χ1) is 9.78. The third kappa shape index (κ3) is 3.54. The fourth-order valence-corrected chi connectivity index (χ4v) is 2.14. The van der Waals surface area contributed by atoms with E-state index in [2.05, 4.69) is 4.72 Å². The fourth-order valence-electron chi connectivity index (χ4n) is 1.67. The molecule has 1 aromatic carbocycles. The van der Waals surface area contributed by atoms with Crippen molar-refractivity contribution in [2.45, 2.75) is 6.92 Å². The highest BCUT2D eigenvalue weighted by molar-refractivity contribution is 7.92. The molecule has 0 aliphatic carbocycles. The highest BCUT2D eigenvalue weighted by Gasteiger charge is 2.25. The lowest BCUT2D eigenvalue weighted by Crippen LogP contribution is -2.11. The Bertz CT molecular complexity index is 763. The zero-order valence-electron chi connectivity index (χ0n) is 11.3. The molecule has 7 nitrogen and oxygen atoms in total. The smallest absolute Gasteiger partial charge is 0.308 e. The van der Waals surface area contributed by atoms with Crippen molar-refractivity contribution < 1.29 is 27.5 Å². The van der Waals surface area contributed by atoms with Crippen molar-refractivity contribution in [1.29, 1.82) is 0 Å². The summed E-state index contributed by atoms with van der Waals surface area (Å²) in [6, 6.07) is 8.51. The van der Waals surface area contributed by atoms with Gasteiger partial charge in [-0.2, -0.15) is 0 Å². The van der Waals surface area contributed by atoms with Crippen molar-refractivity contribution in [1.82, 2.24) is 0 Å². The molecule has 2 aromatic rings. The van der Waals surface area contributed by atoms with Crippen LogP contribution in [-0.2, 0) is 14.8 Å². The number of hydrogen-bond donors (Lipinski definition) is 2. The molecule has 0 aliphatic heterocycles. The van der Waals surface area contributed by atoms with Gasteiger partial charge in [0.05, 0.1) is 6.26 Å². The lowest BCUT2D eigenvalue weighted by molar-refractivity contribution is -0.131. The third-order valence-corrected chi connectivity index (χ3v) is 2.96. The van der Waals surface area contributed by atoms with Crippen LogP contribution in [0.3, 0.4) is 0 Å². The van der Waals surface area contributed by atoms with Crippen LogP contribution in [0.1, 0.15) is 6.92 Å². The molecule has 0 saturated heterocycles. The maximum absolute atomic E-state index is 11.3. The number of ether oxygens (including phenoxy) is 1. The van der Waals surface area contributed by atoms with Gasteiger partial charge in [0.25, 0.3) is 5.88 Å². The Hall–Kier alpha value is -2.48. The number of carbonyl (C=O) groups is 1. The van der Waals surface area contributed by atoms with Crippen LogP contribution >= 0.6 is 0 Å². The number of hydrogen-bond acceptors (Lipinski definition) is 6. The van der Waals surface area contributed by atoms with Gasteiger partial charge in [0.15, 0.2) is 5.76 Å². The molecule has 0 atom stereocenters. The summed E-state index contributed by atoms with van der Waals surface area (Å²) >= 11 is 0. The van der Waals surface area contributed by atoms with Gasteiger partial charge in [0.1, 0.15) is 0 Å². The van der Waals surface area contributed by atoms with E-state index < -0.39 is 21.7 Å². The van der Waals surface area contributed by atoms with Crippen LogP contribution in [-0.4, -0.2) is 25.7 Å². The van der Waals surface area contributed by atoms with E-state index in [9.17, 15) is 18.3 Å². The minimum absolute atomic E-state index is 0.00185. The molecule has 0 amide bonds. The van der Waals surface area contributed by atoms with Crippen LogP contribution in [0.5, 0.6) is 11.5 Å². The normalized spacial score (nSPS) is 11.1. The second kappa shape index (κ2) is 5.49. The standard InChI is InChI=1S/C13H13NO6S/c1-8(15)19-12-10(16)11(9-6-4-3-5-7-9)20-13(12)14-21(2,17)18/h3-7,14,16H,1-2H3. The molecular weight excluding hydrogens is 298 g/mol. The first-order valence-electron chi connectivity index (χ1n) is 5.85. The van der Waals surface area contributed by atoms with Crippen LogP contribution in [0.2, 0.25) is 0 Å². The molecule has 0 saturated carbocycles. The summed E-state index contributed by atoms with van der Waals surface area (Å²) in [6.45, 7) is 1.12. The molecule has 0 unspecified atom stereocenters. The van der Waals surface area contributed by atoms with Gasteiger partial charge in [-0.15, -0.1) is 0 Å². The van der Waals surface area contributed by atoms with E-state index in [0.717, 1.165) is 13.2 Å². The van der Waals surface area contributed by atoms with Gasteiger partial charge in [0.2, 0.25) is 21.5 Å². The number of esters is 1. The van der Waals surface area contributed by atoms with Gasteiger partial charge in [-0.3, -0.25) is 9.52 Å². The van der Waals surface area contributed by atoms with Gasteiger partial charge in [0, 0.05) is 12.5 Å². The molecule has 2 rings (SSSR count). The van der Waals surface area contributed by atoms with E-state index in [0.29, 0.717) is 5.56 Å². The Morgan fingerprint density at radius 1 is 1.29 bits per heavy atom. The van der Waals surface area contributed by atoms with Crippen molar-refractivity contribution in [3.63, 3.8) is 0 Å². The summed E-state index contributed by atoms with van der Waals surface area (Å²) in [5, 5.41) is 10.1. The minimum Gasteiger partial charge on any atom is -0.502 e. The number of sulfonamides is 1. The van der Waals surface area contributed by atoms with E-state index in [1.165, 1.54) is 0 Å². The first kappa shape index (κ1) is 14.9. The molecule has 112 valence electrons. The van der Waals surface area contributed by atoms with Crippen LogP contribution in [0.25, 0.3) is 11.3 Å². The quantitative estimate of drug-likeness (QED) is 0.836. The van der Waals surface area contributed by atoms with Crippen molar-refractivity contribution in [2.24, 2.45) is 0 Å². The number of anilines is 1. The van der Waals surface area contributed by atoms with Crippen molar-refractivity contribution in [2.75, 3.05) is 11.0 Å². The van der Waals surface area contributed by atoms with Gasteiger partial charge in [-0.1, -0.05) is 30.3 Å². The molecule has 0 radical (unpaired) electrons. The van der Waals surface area contributed by atoms with Crippen molar-refractivity contribution in [3.05, 3.63) is 30.3 Å². The lowest BCUT2D eigenvalue weighted by atomic mass is 10.1. The highest BCUT2D eigenvalue weighted by atomic mass is 32.2. The molecule has 1 aromatic heterocycles. The SMILES string of the molecule is CC(=O)Oc1c(NS(C)(=O)=O)oc(-c2ccccc2)c1O. The number of furan rings is 1. The molecule has 0 aliphatic rings. The number of nitrogens with one attached hydrogen (secondary N) is 1. The fraction of sp³-hybridized carbons (Fsp3) is 0.154.